The molecule has 0 aromatic heterocycles. The van der Waals surface area contributed by atoms with Gasteiger partial charge in [0.15, 0.2) is 5.60 Å². The maximum absolute atomic E-state index is 14.5. The van der Waals surface area contributed by atoms with Gasteiger partial charge in [0, 0.05) is 29.7 Å². The van der Waals surface area contributed by atoms with Gasteiger partial charge in [-0.15, -0.1) is 0 Å². The van der Waals surface area contributed by atoms with Crippen LogP contribution in [0, 0.1) is 5.92 Å². The van der Waals surface area contributed by atoms with Crippen molar-refractivity contribution in [2.45, 2.75) is 37.8 Å². The van der Waals surface area contributed by atoms with Crippen LogP contribution in [-0.2, 0) is 19.9 Å². The number of fused-ring (bicyclic) bond motifs is 3. The average molecular weight is 610 g/mol. The van der Waals surface area contributed by atoms with Gasteiger partial charge < -0.3 is 9.47 Å². The van der Waals surface area contributed by atoms with E-state index < -0.39 is 23.7 Å². The summed E-state index contributed by atoms with van der Waals surface area (Å²) in [6.45, 7) is 4.14. The molecule has 0 aliphatic heterocycles. The fraction of sp³-hybridized carbons (Fsp3) is 0.220. The predicted octanol–water partition coefficient (Wildman–Crippen LogP) is 8.82. The number of rotatable bonds is 10. The molecule has 0 spiro atoms. The molecule has 1 aliphatic carbocycles. The number of ether oxygens (including phenoxy) is 2. The topological polar surface area (TPSA) is 55.8 Å². The molecule has 0 unspecified atom stereocenters. The highest BCUT2D eigenvalue weighted by atomic mass is 16.6. The summed E-state index contributed by atoms with van der Waals surface area (Å²) < 4.78 is 12.7. The number of likely N-dealkylation sites (N-methyl/N-ethyl adjacent to an activating group) is 1. The Kier molecular flexibility index (Phi) is 9.02. The molecule has 5 aromatic rings. The molecular formula is C41H39NO4. The highest BCUT2D eigenvalue weighted by Gasteiger charge is 2.44. The van der Waals surface area contributed by atoms with Crippen LogP contribution in [-0.4, -0.2) is 36.7 Å². The van der Waals surface area contributed by atoms with Gasteiger partial charge in [-0.1, -0.05) is 160 Å². The highest BCUT2D eigenvalue weighted by Crippen LogP contribution is 2.45. The number of carbonyl (C=O) groups is 2. The second-order valence-corrected chi connectivity index (χ2v) is 11.9. The Labute approximate surface area is 271 Å². The molecule has 6 rings (SSSR count). The fourth-order valence-electron chi connectivity index (χ4n) is 6.71. The summed E-state index contributed by atoms with van der Waals surface area (Å²) >= 11 is 0. The van der Waals surface area contributed by atoms with Crippen molar-refractivity contribution >= 4 is 12.1 Å². The van der Waals surface area contributed by atoms with Gasteiger partial charge >= 0.3 is 12.1 Å². The molecule has 1 aliphatic rings. The zero-order valence-electron chi connectivity index (χ0n) is 26.5. The maximum Gasteiger partial charge on any atom is 0.410 e. The third-order valence-electron chi connectivity index (χ3n) is 9.26. The third-order valence-corrected chi connectivity index (χ3v) is 9.26. The van der Waals surface area contributed by atoms with Crippen molar-refractivity contribution in [2.24, 2.45) is 5.92 Å². The minimum atomic E-state index is -1.24. The molecule has 5 nitrogen and oxygen atoms in total. The number of nitrogens with zero attached hydrogens (tertiary/aromatic N) is 1. The van der Waals surface area contributed by atoms with Crippen LogP contribution >= 0.6 is 0 Å². The first-order chi connectivity index (χ1) is 22.5. The summed E-state index contributed by atoms with van der Waals surface area (Å²) in [7, 11) is 1.63. The number of hydrogen-bond acceptors (Lipinski definition) is 4. The van der Waals surface area contributed by atoms with E-state index >= 15 is 0 Å². The molecule has 46 heavy (non-hydrogen) atoms. The Morgan fingerprint density at radius 3 is 1.52 bits per heavy atom. The normalized spacial score (nSPS) is 13.6. The van der Waals surface area contributed by atoms with Gasteiger partial charge in [0.05, 0.1) is 0 Å². The standard InChI is InChI=1S/C41H39NO4/c1-4-29(2)38(42(3)40(44)45-28-37-35-26-16-14-24-33(35)34-25-15-17-27-36(34)37)39(43)46-41(30-18-8-5-9-19-30,31-20-10-6-11-21-31)32-22-12-7-13-23-32/h5-27,29,37-38H,4,28H2,1-3H3/t29-,38-/m0/s1. The van der Waals surface area contributed by atoms with E-state index in [2.05, 4.69) is 24.3 Å². The molecule has 1 amide bonds. The average Bonchev–Trinajstić information content (AvgIpc) is 3.44. The lowest BCUT2D eigenvalue weighted by Gasteiger charge is -2.38. The third kappa shape index (κ3) is 5.69. The van der Waals surface area contributed by atoms with E-state index in [1.165, 1.54) is 4.90 Å². The fourth-order valence-corrected chi connectivity index (χ4v) is 6.71. The van der Waals surface area contributed by atoms with Crippen molar-refractivity contribution in [2.75, 3.05) is 13.7 Å². The van der Waals surface area contributed by atoms with Crippen LogP contribution in [0.25, 0.3) is 11.1 Å². The molecule has 0 bridgehead atoms. The Hall–Kier alpha value is -5.16. The minimum Gasteiger partial charge on any atom is -0.448 e. The molecule has 0 saturated heterocycles. The van der Waals surface area contributed by atoms with Gasteiger partial charge in [-0.2, -0.15) is 0 Å². The number of amides is 1. The molecule has 0 heterocycles. The zero-order chi connectivity index (χ0) is 32.1. The van der Waals surface area contributed by atoms with E-state index in [0.29, 0.717) is 6.42 Å². The summed E-state index contributed by atoms with van der Waals surface area (Å²) in [5.41, 5.74) is 5.78. The quantitative estimate of drug-likeness (QED) is 0.117. The van der Waals surface area contributed by atoms with E-state index in [0.717, 1.165) is 38.9 Å². The van der Waals surface area contributed by atoms with Crippen molar-refractivity contribution in [3.63, 3.8) is 0 Å². The van der Waals surface area contributed by atoms with Gasteiger partial charge in [0.25, 0.3) is 0 Å². The lowest BCUT2D eigenvalue weighted by molar-refractivity contribution is -0.161. The molecular weight excluding hydrogens is 570 g/mol. The number of hydrogen-bond donors (Lipinski definition) is 0. The van der Waals surface area contributed by atoms with Crippen LogP contribution in [0.2, 0.25) is 0 Å². The van der Waals surface area contributed by atoms with Gasteiger partial charge in [-0.25, -0.2) is 9.59 Å². The summed E-state index contributed by atoms with van der Waals surface area (Å²) in [6.07, 6.45) is 0.101. The summed E-state index contributed by atoms with van der Waals surface area (Å²) in [5.74, 6) is -0.777. The smallest absolute Gasteiger partial charge is 0.410 e. The summed E-state index contributed by atoms with van der Waals surface area (Å²) in [5, 5.41) is 0. The van der Waals surface area contributed by atoms with Crippen LogP contribution < -0.4 is 0 Å². The molecule has 0 fully saturated rings. The van der Waals surface area contributed by atoms with Crippen LogP contribution in [0.3, 0.4) is 0 Å². The first-order valence-electron chi connectivity index (χ1n) is 15.9. The molecule has 0 saturated carbocycles. The molecule has 232 valence electrons. The number of benzene rings is 5. The lowest BCUT2D eigenvalue weighted by atomic mass is 9.80. The Morgan fingerprint density at radius 1 is 0.674 bits per heavy atom. The van der Waals surface area contributed by atoms with Crippen LogP contribution in [0.1, 0.15) is 54.0 Å². The maximum atomic E-state index is 14.5. The van der Waals surface area contributed by atoms with Crippen molar-refractivity contribution in [1.29, 1.82) is 0 Å². The molecule has 0 N–H and O–H groups in total. The van der Waals surface area contributed by atoms with Gasteiger partial charge in [-0.3, -0.25) is 4.90 Å². The SMILES string of the molecule is CC[C@H](C)[C@@H](C(=O)OC(c1ccccc1)(c1ccccc1)c1ccccc1)N(C)C(=O)OCC1c2ccccc2-c2ccccc21. The molecule has 0 radical (unpaired) electrons. The second-order valence-electron chi connectivity index (χ2n) is 11.9. The number of esters is 1. The van der Waals surface area contributed by atoms with Crippen molar-refractivity contribution in [1.82, 2.24) is 4.90 Å². The largest absolute Gasteiger partial charge is 0.448 e. The van der Waals surface area contributed by atoms with Crippen LogP contribution in [0.4, 0.5) is 4.79 Å². The van der Waals surface area contributed by atoms with Crippen molar-refractivity contribution in [3.05, 3.63) is 167 Å². The molecule has 5 heteroatoms. The lowest BCUT2D eigenvalue weighted by Crippen LogP contribution is -2.50. The molecule has 5 aromatic carbocycles. The Balaban J connectivity index is 1.31. The molecule has 2 atom stereocenters. The van der Waals surface area contributed by atoms with Crippen molar-refractivity contribution in [3.8, 4) is 11.1 Å². The number of carbonyl (C=O) groups excluding carboxylic acids is 2. The van der Waals surface area contributed by atoms with E-state index in [9.17, 15) is 9.59 Å². The van der Waals surface area contributed by atoms with E-state index in [4.69, 9.17) is 9.47 Å². The Morgan fingerprint density at radius 2 is 1.09 bits per heavy atom. The minimum absolute atomic E-state index is 0.0827. The predicted molar refractivity (Wildman–Crippen MR) is 181 cm³/mol. The Bertz CT molecular complexity index is 1650. The van der Waals surface area contributed by atoms with Gasteiger partial charge in [0.1, 0.15) is 12.6 Å². The van der Waals surface area contributed by atoms with E-state index in [-0.39, 0.29) is 18.4 Å². The van der Waals surface area contributed by atoms with E-state index in [1.807, 2.05) is 129 Å². The van der Waals surface area contributed by atoms with Crippen LogP contribution in [0.5, 0.6) is 0 Å². The van der Waals surface area contributed by atoms with Crippen molar-refractivity contribution < 1.29 is 19.1 Å². The summed E-state index contributed by atoms with van der Waals surface area (Å²) in [6, 6.07) is 44.9. The summed E-state index contributed by atoms with van der Waals surface area (Å²) in [4.78, 5) is 29.7. The first-order valence-corrected chi connectivity index (χ1v) is 15.9. The second kappa shape index (κ2) is 13.5. The van der Waals surface area contributed by atoms with E-state index in [1.54, 1.807) is 7.05 Å². The van der Waals surface area contributed by atoms with Gasteiger partial charge in [0.2, 0.25) is 0 Å². The zero-order valence-corrected chi connectivity index (χ0v) is 26.5. The van der Waals surface area contributed by atoms with Gasteiger partial charge in [-0.05, 0) is 28.2 Å². The highest BCUT2D eigenvalue weighted by molar-refractivity contribution is 5.83. The first kappa shape index (κ1) is 30.8. The monoisotopic (exact) mass is 609 g/mol. The van der Waals surface area contributed by atoms with Crippen LogP contribution in [0.15, 0.2) is 140 Å².